The van der Waals surface area contributed by atoms with Crippen LogP contribution in [0.15, 0.2) is 18.2 Å². The molecule has 1 aromatic rings. The molecule has 25 heavy (non-hydrogen) atoms. The first-order chi connectivity index (χ1) is 11.7. The molecule has 1 saturated heterocycles. The molecule has 0 saturated carbocycles. The number of anilines is 1. The molecule has 1 heterocycles. The number of hydrogen-bond acceptors (Lipinski definition) is 3. The highest BCUT2D eigenvalue weighted by molar-refractivity contribution is 6.33. The Hall–Kier alpha value is -1.47. The topological polar surface area (TPSA) is 50.4 Å². The first-order valence-corrected chi connectivity index (χ1v) is 8.57. The average Bonchev–Trinajstić information content (AvgIpc) is 2.53. The molecule has 2 N–H and O–H groups in total. The molecule has 2 atom stereocenters. The third kappa shape index (κ3) is 5.51. The predicted octanol–water partition coefficient (Wildman–Crippen LogP) is 4.09. The largest absolute Gasteiger partial charge is 0.416 e. The zero-order chi connectivity index (χ0) is 18.6. The van der Waals surface area contributed by atoms with Gasteiger partial charge in [-0.05, 0) is 37.0 Å². The summed E-state index contributed by atoms with van der Waals surface area (Å²) in [4.78, 5) is 12.5. The van der Waals surface area contributed by atoms with E-state index >= 15 is 0 Å². The molecule has 1 aliphatic heterocycles. The molecule has 0 aliphatic carbocycles. The minimum absolute atomic E-state index is 0.0487. The summed E-state index contributed by atoms with van der Waals surface area (Å²) >= 11 is 5.97. The number of nitrogens with one attached hydrogen (secondary N) is 2. The van der Waals surface area contributed by atoms with Gasteiger partial charge < -0.3 is 15.4 Å². The van der Waals surface area contributed by atoms with Gasteiger partial charge in [-0.15, -0.1) is 0 Å². The van der Waals surface area contributed by atoms with Crippen molar-refractivity contribution >= 4 is 23.2 Å². The van der Waals surface area contributed by atoms with Crippen LogP contribution in [0.5, 0.6) is 0 Å². The van der Waals surface area contributed by atoms with Crippen molar-refractivity contribution in [2.24, 2.45) is 5.92 Å². The molecule has 140 valence electrons. The molecule has 1 fully saturated rings. The number of alkyl halides is 3. The normalized spacial score (nSPS) is 19.6. The molecular formula is C17H22ClF3N2O2. The second-order valence-electron chi connectivity index (χ2n) is 6.48. The summed E-state index contributed by atoms with van der Waals surface area (Å²) in [6.07, 6.45) is -2.73. The second-order valence-corrected chi connectivity index (χ2v) is 6.89. The fraction of sp³-hybridized carbons (Fsp3) is 0.588. The van der Waals surface area contributed by atoms with Gasteiger partial charge in [-0.1, -0.05) is 25.4 Å². The first kappa shape index (κ1) is 19.8. The van der Waals surface area contributed by atoms with Gasteiger partial charge in [0.05, 0.1) is 28.9 Å². The highest BCUT2D eigenvalue weighted by atomic mass is 35.5. The Labute approximate surface area is 150 Å². The van der Waals surface area contributed by atoms with E-state index < -0.39 is 17.8 Å². The first-order valence-electron chi connectivity index (χ1n) is 8.20. The Morgan fingerprint density at radius 3 is 2.60 bits per heavy atom. The zero-order valence-corrected chi connectivity index (χ0v) is 14.9. The molecule has 0 aromatic heterocycles. The molecular weight excluding hydrogens is 357 g/mol. The molecule has 0 bridgehead atoms. The van der Waals surface area contributed by atoms with Crippen LogP contribution in [0.2, 0.25) is 5.02 Å². The van der Waals surface area contributed by atoms with Crippen LogP contribution in [0.1, 0.15) is 32.3 Å². The van der Waals surface area contributed by atoms with E-state index in [2.05, 4.69) is 10.6 Å². The van der Waals surface area contributed by atoms with Gasteiger partial charge in [0.25, 0.3) is 0 Å². The summed E-state index contributed by atoms with van der Waals surface area (Å²) in [6.45, 7) is 4.87. The summed E-state index contributed by atoms with van der Waals surface area (Å²) in [5.41, 5.74) is -0.531. The standard InChI is InChI=1S/C17H22ClF3N2O2/c1-10(2)15(16(24)22-12-4-3-7-25-9-12)23-14-6-5-11(8-13(14)18)17(19,20)21/h5-6,8,10,12,15,23H,3-4,7,9H2,1-2H3,(H,22,24)/t12?,15-/m0/s1. The van der Waals surface area contributed by atoms with Crippen LogP contribution in [0.25, 0.3) is 0 Å². The molecule has 8 heteroatoms. The van der Waals surface area contributed by atoms with Gasteiger partial charge in [0.2, 0.25) is 5.91 Å². The van der Waals surface area contributed by atoms with Crippen LogP contribution in [0.4, 0.5) is 18.9 Å². The molecule has 1 unspecified atom stereocenters. The van der Waals surface area contributed by atoms with Gasteiger partial charge in [-0.2, -0.15) is 13.2 Å². The van der Waals surface area contributed by atoms with Crippen molar-refractivity contribution in [1.29, 1.82) is 0 Å². The lowest BCUT2D eigenvalue weighted by Crippen LogP contribution is -2.49. The monoisotopic (exact) mass is 378 g/mol. The van der Waals surface area contributed by atoms with Crippen molar-refractivity contribution < 1.29 is 22.7 Å². The van der Waals surface area contributed by atoms with Crippen molar-refractivity contribution in [1.82, 2.24) is 5.32 Å². The van der Waals surface area contributed by atoms with Crippen LogP contribution in [0.3, 0.4) is 0 Å². The van der Waals surface area contributed by atoms with Crippen molar-refractivity contribution in [2.45, 2.75) is 44.9 Å². The highest BCUT2D eigenvalue weighted by Crippen LogP contribution is 2.34. The van der Waals surface area contributed by atoms with Crippen LogP contribution in [0, 0.1) is 5.92 Å². The Morgan fingerprint density at radius 1 is 1.36 bits per heavy atom. The van der Waals surface area contributed by atoms with Gasteiger partial charge in [0.15, 0.2) is 0 Å². The minimum atomic E-state index is -4.46. The maximum Gasteiger partial charge on any atom is 0.416 e. The van der Waals surface area contributed by atoms with E-state index in [1.54, 1.807) is 0 Å². The lowest BCUT2D eigenvalue weighted by molar-refractivity contribution is -0.137. The van der Waals surface area contributed by atoms with Crippen molar-refractivity contribution in [3.63, 3.8) is 0 Å². The summed E-state index contributed by atoms with van der Waals surface area (Å²) < 4.78 is 43.5. The van der Waals surface area contributed by atoms with E-state index in [0.717, 1.165) is 25.0 Å². The third-order valence-electron chi connectivity index (χ3n) is 4.06. The third-order valence-corrected chi connectivity index (χ3v) is 4.38. The number of halogens is 4. The Balaban J connectivity index is 2.09. The number of ether oxygens (including phenoxy) is 1. The summed E-state index contributed by atoms with van der Waals surface area (Å²) in [5.74, 6) is -0.302. The van der Waals surface area contributed by atoms with Gasteiger partial charge in [0.1, 0.15) is 6.04 Å². The second kappa shape index (κ2) is 8.27. The Morgan fingerprint density at radius 2 is 2.08 bits per heavy atom. The maximum absolute atomic E-state index is 12.7. The number of carbonyl (C=O) groups is 1. The van der Waals surface area contributed by atoms with Crippen molar-refractivity contribution in [3.05, 3.63) is 28.8 Å². The molecule has 4 nitrogen and oxygen atoms in total. The summed E-state index contributed by atoms with van der Waals surface area (Å²) in [6, 6.07) is 2.38. The highest BCUT2D eigenvalue weighted by Gasteiger charge is 2.31. The van der Waals surface area contributed by atoms with Crippen molar-refractivity contribution in [3.8, 4) is 0 Å². The lowest BCUT2D eigenvalue weighted by atomic mass is 10.0. The number of carbonyl (C=O) groups excluding carboxylic acids is 1. The number of hydrogen-bond donors (Lipinski definition) is 2. The van der Waals surface area contributed by atoms with Crippen LogP contribution < -0.4 is 10.6 Å². The van der Waals surface area contributed by atoms with Gasteiger partial charge >= 0.3 is 6.18 Å². The van der Waals surface area contributed by atoms with Gasteiger partial charge in [0, 0.05) is 6.61 Å². The predicted molar refractivity (Wildman–Crippen MR) is 90.7 cm³/mol. The van der Waals surface area contributed by atoms with E-state index in [0.29, 0.717) is 18.9 Å². The van der Waals surface area contributed by atoms with Crippen LogP contribution in [-0.2, 0) is 15.7 Å². The fourth-order valence-electron chi connectivity index (χ4n) is 2.66. The molecule has 0 spiro atoms. The van der Waals surface area contributed by atoms with Crippen molar-refractivity contribution in [2.75, 3.05) is 18.5 Å². The molecule has 1 amide bonds. The molecule has 1 aromatic carbocycles. The molecule has 0 radical (unpaired) electrons. The van der Waals surface area contributed by atoms with Crippen LogP contribution in [-0.4, -0.2) is 31.2 Å². The molecule has 2 rings (SSSR count). The lowest BCUT2D eigenvalue weighted by Gasteiger charge is -2.28. The van der Waals surface area contributed by atoms with E-state index in [1.165, 1.54) is 6.07 Å². The van der Waals surface area contributed by atoms with Gasteiger partial charge in [-0.25, -0.2) is 0 Å². The average molecular weight is 379 g/mol. The maximum atomic E-state index is 12.7. The van der Waals surface area contributed by atoms with E-state index in [-0.39, 0.29) is 22.9 Å². The number of amides is 1. The van der Waals surface area contributed by atoms with E-state index in [1.807, 2.05) is 13.8 Å². The Bertz CT molecular complexity index is 602. The zero-order valence-electron chi connectivity index (χ0n) is 14.1. The summed E-state index contributed by atoms with van der Waals surface area (Å²) in [5, 5.41) is 5.81. The van der Waals surface area contributed by atoms with E-state index in [9.17, 15) is 18.0 Å². The van der Waals surface area contributed by atoms with Crippen LogP contribution >= 0.6 is 11.6 Å². The smallest absolute Gasteiger partial charge is 0.379 e. The van der Waals surface area contributed by atoms with Gasteiger partial charge in [-0.3, -0.25) is 4.79 Å². The number of rotatable bonds is 5. The Kier molecular flexibility index (Phi) is 6.57. The fourth-order valence-corrected chi connectivity index (χ4v) is 2.89. The quantitative estimate of drug-likeness (QED) is 0.811. The molecule has 1 aliphatic rings. The number of benzene rings is 1. The SMILES string of the molecule is CC(C)[C@H](Nc1ccc(C(F)(F)F)cc1Cl)C(=O)NC1CCCOC1. The minimum Gasteiger partial charge on any atom is -0.379 e. The summed E-state index contributed by atoms with van der Waals surface area (Å²) in [7, 11) is 0. The van der Waals surface area contributed by atoms with E-state index in [4.69, 9.17) is 16.3 Å².